The van der Waals surface area contributed by atoms with Crippen molar-refractivity contribution in [2.45, 2.75) is 32.2 Å². The number of hydrogen-bond acceptors (Lipinski definition) is 4. The molecule has 0 radical (unpaired) electrons. The van der Waals surface area contributed by atoms with Crippen molar-refractivity contribution in [3.8, 4) is 0 Å². The highest BCUT2D eigenvalue weighted by Crippen LogP contribution is 2.26. The van der Waals surface area contributed by atoms with Crippen LogP contribution < -0.4 is 5.32 Å². The molecular formula is C15H21BrClN3O3. The molecule has 0 spiro atoms. The third kappa shape index (κ3) is 4.89. The number of nitro groups is 1. The second-order valence-corrected chi connectivity index (χ2v) is 6.26. The van der Waals surface area contributed by atoms with Gasteiger partial charge in [0.05, 0.1) is 10.5 Å². The van der Waals surface area contributed by atoms with Gasteiger partial charge in [-0.05, 0) is 54.3 Å². The first-order valence-electron chi connectivity index (χ1n) is 7.50. The number of nitrogens with one attached hydrogen (secondary N) is 1. The van der Waals surface area contributed by atoms with Gasteiger partial charge < -0.3 is 10.2 Å². The minimum Gasteiger partial charge on any atom is -0.336 e. The van der Waals surface area contributed by atoms with E-state index >= 15 is 0 Å². The summed E-state index contributed by atoms with van der Waals surface area (Å²) in [6, 6.07) is 4.54. The van der Waals surface area contributed by atoms with Gasteiger partial charge in [0.25, 0.3) is 11.6 Å². The Morgan fingerprint density at radius 2 is 2.09 bits per heavy atom. The van der Waals surface area contributed by atoms with Crippen LogP contribution in [0.3, 0.4) is 0 Å². The molecule has 6 nitrogen and oxygen atoms in total. The maximum atomic E-state index is 12.8. The molecule has 1 aromatic rings. The molecule has 23 heavy (non-hydrogen) atoms. The molecule has 0 aromatic heterocycles. The first kappa shape index (κ1) is 19.9. The minimum atomic E-state index is -0.463. The number of amides is 1. The zero-order chi connectivity index (χ0) is 16.1. The Labute approximate surface area is 150 Å². The lowest BCUT2D eigenvalue weighted by Gasteiger charge is -2.34. The molecule has 0 aliphatic carbocycles. The summed E-state index contributed by atoms with van der Waals surface area (Å²) in [5.74, 6) is -0.0597. The lowest BCUT2D eigenvalue weighted by atomic mass is 10.0. The van der Waals surface area contributed by atoms with E-state index in [0.717, 1.165) is 32.4 Å². The summed E-state index contributed by atoms with van der Waals surface area (Å²) in [7, 11) is 0. The van der Waals surface area contributed by atoms with E-state index in [1.165, 1.54) is 18.2 Å². The number of nitro benzene ring substituents is 1. The van der Waals surface area contributed by atoms with Crippen molar-refractivity contribution in [3.63, 3.8) is 0 Å². The van der Waals surface area contributed by atoms with Crippen LogP contribution in [-0.2, 0) is 0 Å². The molecule has 1 aliphatic heterocycles. The Kier molecular flexibility index (Phi) is 7.94. The highest BCUT2D eigenvalue weighted by molar-refractivity contribution is 9.10. The van der Waals surface area contributed by atoms with Crippen molar-refractivity contribution < 1.29 is 9.72 Å². The maximum absolute atomic E-state index is 12.8. The summed E-state index contributed by atoms with van der Waals surface area (Å²) in [5.41, 5.74) is 0.463. The number of rotatable bonds is 5. The van der Waals surface area contributed by atoms with E-state index in [-0.39, 0.29) is 30.0 Å². The van der Waals surface area contributed by atoms with E-state index in [1.807, 2.05) is 11.8 Å². The van der Waals surface area contributed by atoms with Crippen LogP contribution in [0.25, 0.3) is 0 Å². The Hall–Kier alpha value is -1.18. The lowest BCUT2D eigenvalue weighted by molar-refractivity contribution is -0.384. The zero-order valence-corrected chi connectivity index (χ0v) is 15.4. The molecule has 128 valence electrons. The van der Waals surface area contributed by atoms with Crippen molar-refractivity contribution in [1.29, 1.82) is 0 Å². The number of halogens is 2. The van der Waals surface area contributed by atoms with Crippen molar-refractivity contribution in [1.82, 2.24) is 10.2 Å². The summed E-state index contributed by atoms with van der Waals surface area (Å²) in [6.45, 7) is 4.58. The fraction of sp³-hybridized carbons (Fsp3) is 0.533. The lowest BCUT2D eigenvalue weighted by Crippen LogP contribution is -2.46. The third-order valence-electron chi connectivity index (χ3n) is 3.87. The summed E-state index contributed by atoms with van der Waals surface area (Å²) < 4.78 is 0.474. The number of nitrogens with zero attached hydrogens (tertiary/aromatic N) is 2. The normalized spacial score (nSPS) is 14.9. The third-order valence-corrected chi connectivity index (χ3v) is 4.52. The van der Waals surface area contributed by atoms with E-state index in [9.17, 15) is 14.9 Å². The Morgan fingerprint density at radius 3 is 2.61 bits per heavy atom. The van der Waals surface area contributed by atoms with Crippen LogP contribution in [0.15, 0.2) is 22.7 Å². The van der Waals surface area contributed by atoms with Crippen LogP contribution in [0.5, 0.6) is 0 Å². The maximum Gasteiger partial charge on any atom is 0.270 e. The highest BCUT2D eigenvalue weighted by Gasteiger charge is 2.27. The first-order chi connectivity index (χ1) is 10.5. The van der Waals surface area contributed by atoms with E-state index < -0.39 is 4.92 Å². The van der Waals surface area contributed by atoms with Crippen molar-refractivity contribution in [3.05, 3.63) is 38.3 Å². The molecular weight excluding hydrogens is 386 g/mol. The molecule has 1 aromatic carbocycles. The molecule has 1 heterocycles. The fourth-order valence-corrected chi connectivity index (χ4v) is 3.29. The van der Waals surface area contributed by atoms with Gasteiger partial charge in [-0.25, -0.2) is 0 Å². The molecule has 1 N–H and O–H groups in total. The van der Waals surface area contributed by atoms with E-state index in [0.29, 0.717) is 16.6 Å². The Balaban J connectivity index is 0.00000264. The van der Waals surface area contributed by atoms with Crippen LogP contribution in [0.1, 0.15) is 36.5 Å². The van der Waals surface area contributed by atoms with E-state index in [4.69, 9.17) is 0 Å². The van der Waals surface area contributed by atoms with Crippen molar-refractivity contribution in [2.24, 2.45) is 0 Å². The number of piperidine rings is 1. The number of non-ortho nitro benzene ring substituents is 1. The SMILES string of the molecule is CCCN(C(=O)c1ccc([N+](=O)[O-])cc1Br)C1CCNCC1.Cl. The smallest absolute Gasteiger partial charge is 0.270 e. The molecule has 1 amide bonds. The van der Waals surface area contributed by atoms with E-state index in [2.05, 4.69) is 21.2 Å². The molecule has 0 atom stereocenters. The van der Waals surface area contributed by atoms with Gasteiger partial charge in [-0.1, -0.05) is 6.92 Å². The standard InChI is InChI=1S/C15H20BrN3O3.ClH/c1-2-9-18(11-5-7-17-8-6-11)15(20)13-4-3-12(19(21)22)10-14(13)16;/h3-4,10-11,17H,2,5-9H2,1H3;1H. The van der Waals surface area contributed by atoms with Crippen LogP contribution in [0.2, 0.25) is 0 Å². The molecule has 2 rings (SSSR count). The molecule has 8 heteroatoms. The fourth-order valence-electron chi connectivity index (χ4n) is 2.75. The van der Waals surface area contributed by atoms with Gasteiger partial charge >= 0.3 is 0 Å². The average Bonchev–Trinajstić information content (AvgIpc) is 2.52. The van der Waals surface area contributed by atoms with Gasteiger partial charge in [-0.15, -0.1) is 12.4 Å². The minimum absolute atomic E-state index is 0. The van der Waals surface area contributed by atoms with Crippen molar-refractivity contribution >= 4 is 39.9 Å². The van der Waals surface area contributed by atoms with Crippen molar-refractivity contribution in [2.75, 3.05) is 19.6 Å². The monoisotopic (exact) mass is 405 g/mol. The average molecular weight is 407 g/mol. The number of hydrogen-bond donors (Lipinski definition) is 1. The van der Waals surface area contributed by atoms with E-state index in [1.54, 1.807) is 0 Å². The Morgan fingerprint density at radius 1 is 1.43 bits per heavy atom. The Bertz CT molecular complexity index is 565. The van der Waals surface area contributed by atoms with Gasteiger partial charge in [0.2, 0.25) is 0 Å². The predicted octanol–water partition coefficient (Wildman–Crippen LogP) is 3.38. The number of carbonyl (C=O) groups excluding carboxylic acids is 1. The highest BCUT2D eigenvalue weighted by atomic mass is 79.9. The number of carbonyl (C=O) groups is 1. The van der Waals surface area contributed by atoms with Gasteiger partial charge in [0, 0.05) is 29.2 Å². The summed E-state index contributed by atoms with van der Waals surface area (Å²) >= 11 is 3.30. The molecule has 0 unspecified atom stereocenters. The van der Waals surface area contributed by atoms with Gasteiger partial charge in [-0.3, -0.25) is 14.9 Å². The van der Waals surface area contributed by atoms with Crippen LogP contribution in [0, 0.1) is 10.1 Å². The second-order valence-electron chi connectivity index (χ2n) is 5.40. The van der Waals surface area contributed by atoms with Gasteiger partial charge in [0.15, 0.2) is 0 Å². The summed E-state index contributed by atoms with van der Waals surface area (Å²) in [4.78, 5) is 25.1. The molecule has 1 saturated heterocycles. The van der Waals surface area contributed by atoms with Crippen LogP contribution in [-0.4, -0.2) is 41.4 Å². The largest absolute Gasteiger partial charge is 0.336 e. The topological polar surface area (TPSA) is 75.5 Å². The molecule has 0 bridgehead atoms. The quantitative estimate of drug-likeness (QED) is 0.601. The number of benzene rings is 1. The van der Waals surface area contributed by atoms with Crippen LogP contribution >= 0.6 is 28.3 Å². The summed E-state index contributed by atoms with van der Waals surface area (Å²) in [6.07, 6.45) is 2.77. The predicted molar refractivity (Wildman–Crippen MR) is 95.3 cm³/mol. The van der Waals surface area contributed by atoms with Crippen LogP contribution in [0.4, 0.5) is 5.69 Å². The van der Waals surface area contributed by atoms with Gasteiger partial charge in [0.1, 0.15) is 0 Å². The first-order valence-corrected chi connectivity index (χ1v) is 8.29. The summed E-state index contributed by atoms with van der Waals surface area (Å²) in [5, 5.41) is 14.1. The second kappa shape index (κ2) is 9.20. The molecule has 1 fully saturated rings. The molecule has 1 aliphatic rings. The zero-order valence-electron chi connectivity index (χ0n) is 13.0. The molecule has 0 saturated carbocycles. The van der Waals surface area contributed by atoms with Gasteiger partial charge in [-0.2, -0.15) is 0 Å².